The van der Waals surface area contributed by atoms with Crippen molar-refractivity contribution in [3.8, 4) is 17.2 Å². The van der Waals surface area contributed by atoms with Crippen molar-refractivity contribution in [2.24, 2.45) is 0 Å². The van der Waals surface area contributed by atoms with Gasteiger partial charge in [-0.1, -0.05) is 96.6 Å². The Morgan fingerprint density at radius 1 is 0.696 bits per heavy atom. The molecule has 6 heteroatoms. The number of aliphatic hydroxyl groups is 2. The summed E-state index contributed by atoms with van der Waals surface area (Å²) in [6, 6.07) is 37.6. The number of aromatic hydroxyl groups is 1. The molecule has 6 nitrogen and oxygen atoms in total. The number of hydrogen-bond donors (Lipinski definition) is 3. The van der Waals surface area contributed by atoms with Crippen molar-refractivity contribution < 1.29 is 24.8 Å². The number of rotatable bonds is 10. The molecule has 0 aromatic heterocycles. The van der Waals surface area contributed by atoms with Gasteiger partial charge in [0.1, 0.15) is 28.5 Å². The van der Waals surface area contributed by atoms with Crippen molar-refractivity contribution in [2.75, 3.05) is 20.8 Å². The molecule has 1 aliphatic rings. The van der Waals surface area contributed by atoms with E-state index in [1.165, 1.54) is 0 Å². The normalized spacial score (nSPS) is 15.5. The summed E-state index contributed by atoms with van der Waals surface area (Å²) < 4.78 is 10.8. The molecule has 1 saturated heterocycles. The highest BCUT2D eigenvalue weighted by Gasteiger charge is 2.46. The lowest BCUT2D eigenvalue weighted by molar-refractivity contribution is -0.00683. The average Bonchev–Trinajstić information content (AvgIpc) is 3.58. The third kappa shape index (κ3) is 5.64. The summed E-state index contributed by atoms with van der Waals surface area (Å²) in [7, 11) is 3.26. The van der Waals surface area contributed by atoms with Crippen LogP contribution < -0.4 is 9.47 Å². The van der Waals surface area contributed by atoms with E-state index < -0.39 is 11.2 Å². The Kier molecular flexibility index (Phi) is 8.87. The minimum absolute atomic E-state index is 0.0453. The molecule has 0 amide bonds. The number of phenolic OH excluding ortho intramolecular Hbond substituents is 1. The standard InChI is InChI=1S/C40H41NO5/c1-28-25-29(38(42)36(26-28)39(43,30-11-6-4-7-12-30)31-13-8-5-9-14-31)27-41-24-10-15-37(41)40(44,32-16-20-34(45-2)21-17-32)33-18-22-35(46-3)23-19-33/h4-9,11-14,16-23,25-26,37,42-44H,10,15,24,27H2,1-3H3/t37-/m0/s1. The molecule has 46 heavy (non-hydrogen) atoms. The third-order valence-corrected chi connectivity index (χ3v) is 9.39. The predicted octanol–water partition coefficient (Wildman–Crippen LogP) is 6.90. The van der Waals surface area contributed by atoms with Crippen LogP contribution in [0.4, 0.5) is 0 Å². The van der Waals surface area contributed by atoms with Gasteiger partial charge in [0.25, 0.3) is 0 Å². The van der Waals surface area contributed by atoms with Crippen LogP contribution in [-0.4, -0.2) is 47.0 Å². The molecular formula is C40H41NO5. The quantitative estimate of drug-likeness (QED) is 0.148. The minimum Gasteiger partial charge on any atom is -0.507 e. The molecule has 1 atom stereocenters. The highest BCUT2D eigenvalue weighted by Crippen LogP contribution is 2.45. The zero-order chi connectivity index (χ0) is 32.3. The van der Waals surface area contributed by atoms with Crippen LogP contribution in [0.25, 0.3) is 0 Å². The Labute approximate surface area is 271 Å². The average molecular weight is 616 g/mol. The summed E-state index contributed by atoms with van der Waals surface area (Å²) in [4.78, 5) is 2.25. The molecule has 236 valence electrons. The van der Waals surface area contributed by atoms with Crippen LogP contribution in [0.15, 0.2) is 121 Å². The highest BCUT2D eigenvalue weighted by molar-refractivity contribution is 5.56. The number of methoxy groups -OCH3 is 2. The molecule has 0 bridgehead atoms. The number of nitrogens with zero attached hydrogens (tertiary/aromatic N) is 1. The number of likely N-dealkylation sites (tertiary alicyclic amines) is 1. The molecule has 6 rings (SSSR count). The fourth-order valence-corrected chi connectivity index (χ4v) is 7.04. The summed E-state index contributed by atoms with van der Waals surface area (Å²) in [6.07, 6.45) is 1.64. The predicted molar refractivity (Wildman–Crippen MR) is 180 cm³/mol. The van der Waals surface area contributed by atoms with Crippen molar-refractivity contribution in [3.05, 3.63) is 160 Å². The van der Waals surface area contributed by atoms with Crippen LogP contribution in [0.3, 0.4) is 0 Å². The number of aryl methyl sites for hydroxylation is 1. The number of phenols is 1. The summed E-state index contributed by atoms with van der Waals surface area (Å²) in [5.74, 6) is 1.47. The Morgan fingerprint density at radius 2 is 1.20 bits per heavy atom. The van der Waals surface area contributed by atoms with Crippen molar-refractivity contribution in [2.45, 2.75) is 43.6 Å². The van der Waals surface area contributed by atoms with Crippen LogP contribution in [0, 0.1) is 6.92 Å². The second-order valence-corrected chi connectivity index (χ2v) is 12.1. The molecule has 1 aliphatic heterocycles. The van der Waals surface area contributed by atoms with Crippen molar-refractivity contribution in [1.29, 1.82) is 0 Å². The van der Waals surface area contributed by atoms with E-state index in [-0.39, 0.29) is 11.8 Å². The summed E-state index contributed by atoms with van der Waals surface area (Å²) in [5, 5.41) is 37.3. The van der Waals surface area contributed by atoms with Gasteiger partial charge in [0.2, 0.25) is 0 Å². The van der Waals surface area contributed by atoms with Crippen LogP contribution in [0.2, 0.25) is 0 Å². The van der Waals surface area contributed by atoms with Crippen LogP contribution in [0.1, 0.15) is 51.8 Å². The molecule has 1 fully saturated rings. The fourth-order valence-electron chi connectivity index (χ4n) is 7.04. The summed E-state index contributed by atoms with van der Waals surface area (Å²) >= 11 is 0. The first-order valence-corrected chi connectivity index (χ1v) is 15.7. The van der Waals surface area contributed by atoms with Gasteiger partial charge >= 0.3 is 0 Å². The largest absolute Gasteiger partial charge is 0.507 e. The SMILES string of the molecule is COc1ccc(C(O)(c2ccc(OC)cc2)[C@@H]2CCCN2Cc2cc(C)cc(C(O)(c3ccccc3)c3ccccc3)c2O)cc1. The minimum atomic E-state index is -1.58. The van der Waals surface area contributed by atoms with E-state index in [2.05, 4.69) is 4.90 Å². The van der Waals surface area contributed by atoms with Crippen LogP contribution in [0.5, 0.6) is 17.2 Å². The van der Waals surface area contributed by atoms with Gasteiger partial charge in [-0.25, -0.2) is 0 Å². The van der Waals surface area contributed by atoms with Gasteiger partial charge < -0.3 is 24.8 Å². The maximum atomic E-state index is 12.8. The Bertz CT molecular complexity index is 1670. The second kappa shape index (κ2) is 13.0. The second-order valence-electron chi connectivity index (χ2n) is 12.1. The topological polar surface area (TPSA) is 82.4 Å². The summed E-state index contributed by atoms with van der Waals surface area (Å²) in [6.45, 7) is 3.11. The van der Waals surface area contributed by atoms with Gasteiger partial charge in [0.05, 0.1) is 14.2 Å². The summed E-state index contributed by atoms with van der Waals surface area (Å²) in [5.41, 5.74) is 1.95. The van der Waals surface area contributed by atoms with Crippen molar-refractivity contribution in [1.82, 2.24) is 4.90 Å². The Balaban J connectivity index is 1.43. The molecule has 3 N–H and O–H groups in total. The first-order valence-electron chi connectivity index (χ1n) is 15.7. The van der Waals surface area contributed by atoms with Gasteiger partial charge in [0, 0.05) is 23.7 Å². The Hall–Kier alpha value is -4.62. The van der Waals surface area contributed by atoms with Crippen molar-refractivity contribution >= 4 is 0 Å². The first kappa shape index (κ1) is 31.4. The van der Waals surface area contributed by atoms with Gasteiger partial charge in [0.15, 0.2) is 0 Å². The van der Waals surface area contributed by atoms with E-state index in [0.717, 1.165) is 36.1 Å². The van der Waals surface area contributed by atoms with Gasteiger partial charge in [-0.3, -0.25) is 4.90 Å². The van der Waals surface area contributed by atoms with Gasteiger partial charge in [-0.15, -0.1) is 0 Å². The molecule has 5 aromatic carbocycles. The first-order chi connectivity index (χ1) is 22.3. The number of hydrogen-bond acceptors (Lipinski definition) is 6. The molecule has 0 aliphatic carbocycles. The molecule has 5 aromatic rings. The zero-order valence-corrected chi connectivity index (χ0v) is 26.6. The van der Waals surface area contributed by atoms with Gasteiger partial charge in [-0.2, -0.15) is 0 Å². The molecule has 0 radical (unpaired) electrons. The maximum Gasteiger partial charge on any atom is 0.144 e. The highest BCUT2D eigenvalue weighted by atomic mass is 16.5. The van der Waals surface area contributed by atoms with E-state index in [1.54, 1.807) is 14.2 Å². The maximum absolute atomic E-state index is 12.8. The zero-order valence-electron chi connectivity index (χ0n) is 26.6. The third-order valence-electron chi connectivity index (χ3n) is 9.39. The van der Waals surface area contributed by atoms with E-state index in [4.69, 9.17) is 9.47 Å². The smallest absolute Gasteiger partial charge is 0.144 e. The van der Waals surface area contributed by atoms with Crippen LogP contribution in [-0.2, 0) is 17.7 Å². The number of ether oxygens (including phenoxy) is 2. The lowest BCUT2D eigenvalue weighted by atomic mass is 9.78. The van der Waals surface area contributed by atoms with E-state index in [9.17, 15) is 15.3 Å². The molecule has 0 unspecified atom stereocenters. The lowest BCUT2D eigenvalue weighted by Crippen LogP contribution is -2.48. The van der Waals surface area contributed by atoms with Crippen LogP contribution >= 0.6 is 0 Å². The monoisotopic (exact) mass is 615 g/mol. The molecule has 0 saturated carbocycles. The van der Waals surface area contributed by atoms with Gasteiger partial charge in [-0.05, 0) is 78.9 Å². The number of benzene rings is 5. The fraction of sp³-hybridized carbons (Fsp3) is 0.250. The van der Waals surface area contributed by atoms with E-state index >= 15 is 0 Å². The molecular weight excluding hydrogens is 574 g/mol. The van der Waals surface area contributed by atoms with Crippen molar-refractivity contribution in [3.63, 3.8) is 0 Å². The lowest BCUT2D eigenvalue weighted by Gasteiger charge is -2.40. The molecule has 0 spiro atoms. The Morgan fingerprint density at radius 3 is 1.67 bits per heavy atom. The van der Waals surface area contributed by atoms with E-state index in [0.29, 0.717) is 40.3 Å². The molecule has 1 heterocycles. The van der Waals surface area contributed by atoms with E-state index in [1.807, 2.05) is 128 Å².